The second-order valence-corrected chi connectivity index (χ2v) is 15.1. The van der Waals surface area contributed by atoms with E-state index in [1.165, 1.54) is 77.3 Å². The molecule has 1 spiro atoms. The minimum atomic E-state index is -2.85. The van der Waals surface area contributed by atoms with Crippen LogP contribution in [0.3, 0.4) is 0 Å². The van der Waals surface area contributed by atoms with Gasteiger partial charge in [0.1, 0.15) is 0 Å². The van der Waals surface area contributed by atoms with Crippen molar-refractivity contribution < 1.29 is 8.68 Å². The van der Waals surface area contributed by atoms with Gasteiger partial charge in [0.2, 0.25) is 0 Å². The van der Waals surface area contributed by atoms with Gasteiger partial charge in [-0.3, -0.25) is 0 Å². The molecule has 0 radical (unpaired) electrons. The maximum atomic E-state index is 2.67. The number of pyridine rings is 2. The van der Waals surface area contributed by atoms with E-state index in [4.69, 9.17) is 0 Å². The van der Waals surface area contributed by atoms with Gasteiger partial charge in [0, 0.05) is 0 Å². The molecule has 0 atom stereocenters. The Hall–Kier alpha value is -5.31. The van der Waals surface area contributed by atoms with E-state index in [9.17, 15) is 0 Å². The molecule has 5 aromatic carbocycles. The van der Waals surface area contributed by atoms with Gasteiger partial charge in [0.05, 0.1) is 0 Å². The first-order chi connectivity index (χ1) is 21.4. The Morgan fingerprint density at radius 1 is 0.488 bits per heavy atom. The first-order valence-corrected chi connectivity index (χ1v) is 16.8. The van der Waals surface area contributed by atoms with Gasteiger partial charge in [-0.05, 0) is 0 Å². The van der Waals surface area contributed by atoms with Gasteiger partial charge in [-0.25, -0.2) is 0 Å². The Labute approximate surface area is 248 Å². The molecule has 6 heterocycles. The Morgan fingerprint density at radius 3 is 2.00 bits per heavy atom. The van der Waals surface area contributed by atoms with E-state index in [0.29, 0.717) is 0 Å². The number of para-hydroxylation sites is 2. The van der Waals surface area contributed by atoms with E-state index < -0.39 is 7.56 Å². The van der Waals surface area contributed by atoms with Crippen LogP contribution < -0.4 is 24.2 Å². The summed E-state index contributed by atoms with van der Waals surface area (Å²) in [5, 5.41) is 8.49. The van der Waals surface area contributed by atoms with Crippen molar-refractivity contribution in [1.29, 1.82) is 0 Å². The summed E-state index contributed by atoms with van der Waals surface area (Å²) in [6, 6.07) is 49.3. The van der Waals surface area contributed by atoms with Crippen molar-refractivity contribution in [1.82, 2.24) is 4.57 Å². The van der Waals surface area contributed by atoms with Crippen LogP contribution in [0.4, 0.5) is 17.2 Å². The second-order valence-electron chi connectivity index (χ2n) is 11.8. The van der Waals surface area contributed by atoms with Crippen molar-refractivity contribution in [3.05, 3.63) is 146 Å². The molecular formula is C38H25N4P+2. The molecule has 0 unspecified atom stereocenters. The fourth-order valence-electron chi connectivity index (χ4n) is 8.50. The summed E-state index contributed by atoms with van der Waals surface area (Å²) in [6.45, 7) is 0. The van der Waals surface area contributed by atoms with E-state index in [-0.39, 0.29) is 0 Å². The zero-order valence-electron chi connectivity index (χ0n) is 23.1. The molecule has 0 N–H and O–H groups in total. The van der Waals surface area contributed by atoms with Crippen molar-refractivity contribution in [2.45, 2.75) is 0 Å². The average molecular weight is 569 g/mol. The third-order valence-electron chi connectivity index (χ3n) is 9.93. The first-order valence-electron chi connectivity index (χ1n) is 14.9. The molecule has 0 bridgehead atoms. The molecular weight excluding hydrogens is 543 g/mol. The van der Waals surface area contributed by atoms with Crippen LogP contribution in [0.2, 0.25) is 0 Å². The quantitative estimate of drug-likeness (QED) is 0.201. The Balaban J connectivity index is 1.46. The summed E-state index contributed by atoms with van der Waals surface area (Å²) in [5.41, 5.74) is 8.88. The minimum absolute atomic E-state index is 1.18. The molecule has 8 aromatic rings. The van der Waals surface area contributed by atoms with Gasteiger partial charge in [-0.1, -0.05) is 0 Å². The fraction of sp³-hybridized carbons (Fsp3) is 0. The fourth-order valence-corrected chi connectivity index (χ4v) is 14.0. The number of rotatable bonds is 2. The van der Waals surface area contributed by atoms with E-state index >= 15 is 0 Å². The Kier molecular flexibility index (Phi) is 3.92. The predicted octanol–water partition coefficient (Wildman–Crippen LogP) is 7.22. The summed E-state index contributed by atoms with van der Waals surface area (Å²) in [4.78, 5) is 2.48. The van der Waals surface area contributed by atoms with Gasteiger partial charge in [-0.2, -0.15) is 0 Å². The van der Waals surface area contributed by atoms with Crippen LogP contribution in [-0.2, 0) is 0 Å². The molecule has 11 rings (SSSR count). The van der Waals surface area contributed by atoms with Crippen molar-refractivity contribution in [3.63, 3.8) is 0 Å². The van der Waals surface area contributed by atoms with Gasteiger partial charge in [-0.15, -0.1) is 0 Å². The molecule has 3 aliphatic heterocycles. The van der Waals surface area contributed by atoms with Crippen LogP contribution in [-0.4, -0.2) is 4.57 Å². The zero-order chi connectivity index (χ0) is 27.9. The summed E-state index contributed by atoms with van der Waals surface area (Å²) in [5.74, 6) is 1.21. The zero-order valence-corrected chi connectivity index (χ0v) is 24.1. The van der Waals surface area contributed by atoms with Crippen molar-refractivity contribution in [2.24, 2.45) is 0 Å². The Bertz CT molecular complexity index is 2520. The topological polar surface area (TPSA) is 15.9 Å². The average Bonchev–Trinajstić information content (AvgIpc) is 3.57. The summed E-state index contributed by atoms with van der Waals surface area (Å²) in [6.07, 6.45) is 4.69. The van der Waals surface area contributed by atoms with E-state index in [2.05, 4.69) is 164 Å². The molecule has 0 fully saturated rings. The van der Waals surface area contributed by atoms with Gasteiger partial charge >= 0.3 is 249 Å². The third-order valence-corrected chi connectivity index (χ3v) is 14.5. The molecule has 4 nitrogen and oxygen atoms in total. The number of benzene rings is 5. The first kappa shape index (κ1) is 22.3. The molecule has 3 aliphatic rings. The Morgan fingerprint density at radius 2 is 1.16 bits per heavy atom. The van der Waals surface area contributed by atoms with E-state index in [0.717, 1.165) is 0 Å². The molecule has 5 heteroatoms. The normalized spacial score (nSPS) is 15.4. The van der Waals surface area contributed by atoms with Crippen LogP contribution in [0, 0.1) is 0 Å². The molecule has 0 amide bonds. The van der Waals surface area contributed by atoms with E-state index in [1.54, 1.807) is 0 Å². The molecule has 200 valence electrons. The van der Waals surface area contributed by atoms with Gasteiger partial charge < -0.3 is 0 Å². The summed E-state index contributed by atoms with van der Waals surface area (Å²) < 4.78 is 7.82. The number of anilines is 3. The van der Waals surface area contributed by atoms with Crippen LogP contribution in [0.15, 0.2) is 146 Å². The van der Waals surface area contributed by atoms with Crippen molar-refractivity contribution in [2.75, 3.05) is 4.90 Å². The number of fused-ring (bicyclic) bond motifs is 3. The predicted molar refractivity (Wildman–Crippen MR) is 177 cm³/mol. The number of aromatic nitrogens is 3. The number of hydrogen-bond donors (Lipinski definition) is 0. The number of hydrogen-bond acceptors (Lipinski definition) is 1. The van der Waals surface area contributed by atoms with Gasteiger partial charge in [0.15, 0.2) is 0 Å². The van der Waals surface area contributed by atoms with Crippen molar-refractivity contribution >= 4 is 67.9 Å². The van der Waals surface area contributed by atoms with Crippen LogP contribution >= 0.6 is 7.56 Å². The molecule has 0 aliphatic carbocycles. The molecule has 0 saturated heterocycles. The standard InChI is InChI=1S/C38H25N4P/c1-3-11-26(12-4-1)41-30-20-17-25-18-21-32-38-34(25)35(30)36-31(41)22-19-28-29-15-7-9-23-39(29)43(38,37(28)36)40-24-10-8-16-33(40)42(32)27-13-5-2-6-14-27/h1-24,43H/q+2. The van der Waals surface area contributed by atoms with Crippen molar-refractivity contribution in [3.8, 4) is 16.9 Å². The maximum absolute atomic E-state index is 2.85. The van der Waals surface area contributed by atoms with Gasteiger partial charge in [0.25, 0.3) is 0 Å². The molecule has 43 heavy (non-hydrogen) atoms. The molecule has 3 aromatic heterocycles. The van der Waals surface area contributed by atoms with Crippen LogP contribution in [0.1, 0.15) is 0 Å². The van der Waals surface area contributed by atoms with Crippen LogP contribution in [0.5, 0.6) is 0 Å². The van der Waals surface area contributed by atoms with Crippen LogP contribution in [0.25, 0.3) is 49.5 Å². The summed E-state index contributed by atoms with van der Waals surface area (Å²) >= 11 is 0. The number of nitrogens with zero attached hydrogens (tertiary/aromatic N) is 4. The van der Waals surface area contributed by atoms with E-state index in [1.807, 2.05) is 0 Å². The molecule has 0 saturated carbocycles. The second kappa shape index (κ2) is 7.55. The SMILES string of the molecule is c1ccc(N2c3ccc4ccc5c6c4c3[PH]3(c4c(ccc(c46)n5-c4ccccc4)-c4cccc[n+]43)[n+]3ccccc32)cc1. The third kappa shape index (κ3) is 2.40. The summed E-state index contributed by atoms with van der Waals surface area (Å²) in [7, 11) is -2.85. The monoisotopic (exact) mass is 568 g/mol.